The second kappa shape index (κ2) is 2.59. The van der Waals surface area contributed by atoms with Crippen LogP contribution in [0.4, 0.5) is 0 Å². The molecule has 1 heterocycles. The van der Waals surface area contributed by atoms with Crippen LogP contribution in [0.5, 0.6) is 0 Å². The van der Waals surface area contributed by atoms with E-state index in [0.29, 0.717) is 0 Å². The average molecular weight is 194 g/mol. The lowest BCUT2D eigenvalue weighted by Gasteiger charge is -1.97. The molecule has 1 fully saturated rings. The molecule has 0 saturated heterocycles. The van der Waals surface area contributed by atoms with Crippen LogP contribution < -0.4 is 0 Å². The van der Waals surface area contributed by atoms with Crippen molar-refractivity contribution >= 4 is 5.97 Å². The van der Waals surface area contributed by atoms with Gasteiger partial charge in [0.1, 0.15) is 0 Å². The number of aromatic nitrogens is 2. The summed E-state index contributed by atoms with van der Waals surface area (Å²) in [5.74, 6) is -0.927. The fraction of sp³-hybridized carbons (Fsp3) is 0.600. The minimum Gasteiger partial charge on any atom is -0.481 e. The van der Waals surface area contributed by atoms with Gasteiger partial charge in [-0.15, -0.1) is 0 Å². The van der Waals surface area contributed by atoms with Gasteiger partial charge in [0.25, 0.3) is 0 Å². The van der Waals surface area contributed by atoms with Gasteiger partial charge in [0.15, 0.2) is 0 Å². The summed E-state index contributed by atoms with van der Waals surface area (Å²) >= 11 is 0. The summed E-state index contributed by atoms with van der Waals surface area (Å²) in [5.41, 5.74) is 0.741. The number of carboxylic acids is 1. The zero-order chi connectivity index (χ0) is 10.5. The van der Waals surface area contributed by atoms with E-state index >= 15 is 0 Å². The third kappa shape index (κ3) is 1.14. The molecular formula is C10H14N2O2. The molecule has 1 aliphatic carbocycles. The van der Waals surface area contributed by atoms with Crippen molar-refractivity contribution in [2.75, 3.05) is 0 Å². The van der Waals surface area contributed by atoms with E-state index in [-0.39, 0.29) is 17.3 Å². The van der Waals surface area contributed by atoms with E-state index in [9.17, 15) is 4.79 Å². The van der Waals surface area contributed by atoms with Crippen LogP contribution in [0, 0.1) is 11.3 Å². The first-order valence-electron chi connectivity index (χ1n) is 4.67. The number of hydrogen-bond donors (Lipinski definition) is 1. The maximum absolute atomic E-state index is 10.9. The van der Waals surface area contributed by atoms with Gasteiger partial charge in [0, 0.05) is 19.2 Å². The molecular weight excluding hydrogens is 180 g/mol. The zero-order valence-corrected chi connectivity index (χ0v) is 8.56. The number of aliphatic carboxylic acids is 1. The molecule has 1 aromatic rings. The molecule has 0 unspecified atom stereocenters. The molecule has 76 valence electrons. The van der Waals surface area contributed by atoms with Crippen molar-refractivity contribution in [3.8, 4) is 0 Å². The highest BCUT2D eigenvalue weighted by Gasteiger charge is 2.63. The molecule has 4 nitrogen and oxygen atoms in total. The van der Waals surface area contributed by atoms with Crippen LogP contribution in [0.25, 0.3) is 0 Å². The summed E-state index contributed by atoms with van der Waals surface area (Å²) in [4.78, 5) is 10.9. The van der Waals surface area contributed by atoms with E-state index in [2.05, 4.69) is 5.10 Å². The van der Waals surface area contributed by atoms with Gasteiger partial charge in [-0.2, -0.15) is 5.10 Å². The van der Waals surface area contributed by atoms with Gasteiger partial charge >= 0.3 is 5.97 Å². The Balaban J connectivity index is 2.27. The largest absolute Gasteiger partial charge is 0.481 e. The van der Waals surface area contributed by atoms with Gasteiger partial charge in [-0.1, -0.05) is 13.8 Å². The van der Waals surface area contributed by atoms with Crippen molar-refractivity contribution in [1.82, 2.24) is 9.78 Å². The van der Waals surface area contributed by atoms with Crippen LogP contribution in [0.3, 0.4) is 0 Å². The molecule has 0 bridgehead atoms. The first kappa shape index (κ1) is 9.24. The highest BCUT2D eigenvalue weighted by atomic mass is 16.4. The van der Waals surface area contributed by atoms with Crippen LogP contribution in [-0.2, 0) is 11.8 Å². The maximum atomic E-state index is 10.9. The molecule has 1 aromatic heterocycles. The van der Waals surface area contributed by atoms with Crippen molar-refractivity contribution in [3.05, 3.63) is 18.0 Å². The number of aryl methyl sites for hydroxylation is 1. The van der Waals surface area contributed by atoms with Crippen LogP contribution in [0.15, 0.2) is 12.3 Å². The highest BCUT2D eigenvalue weighted by molar-refractivity contribution is 5.77. The van der Waals surface area contributed by atoms with E-state index in [4.69, 9.17) is 5.11 Å². The average Bonchev–Trinajstić information content (AvgIpc) is 2.42. The fourth-order valence-corrected chi connectivity index (χ4v) is 2.25. The molecule has 2 rings (SSSR count). The van der Waals surface area contributed by atoms with Gasteiger partial charge in [-0.25, -0.2) is 0 Å². The second-order valence-electron chi connectivity index (χ2n) is 4.53. The quantitative estimate of drug-likeness (QED) is 0.770. The van der Waals surface area contributed by atoms with E-state index in [0.717, 1.165) is 5.69 Å². The van der Waals surface area contributed by atoms with Crippen LogP contribution >= 0.6 is 0 Å². The number of rotatable bonds is 2. The normalized spacial score (nSPS) is 28.8. The van der Waals surface area contributed by atoms with Gasteiger partial charge in [0.05, 0.1) is 11.6 Å². The molecule has 0 aliphatic heterocycles. The number of hydrogen-bond acceptors (Lipinski definition) is 2. The first-order chi connectivity index (χ1) is 6.44. The Morgan fingerprint density at radius 1 is 1.64 bits per heavy atom. The smallest absolute Gasteiger partial charge is 0.307 e. The van der Waals surface area contributed by atoms with E-state index in [1.165, 1.54) is 0 Å². The Bertz CT molecular complexity index is 381. The van der Waals surface area contributed by atoms with Crippen molar-refractivity contribution in [3.63, 3.8) is 0 Å². The highest BCUT2D eigenvalue weighted by Crippen LogP contribution is 2.63. The Labute approximate surface area is 82.5 Å². The van der Waals surface area contributed by atoms with E-state index < -0.39 is 5.97 Å². The molecule has 0 spiro atoms. The summed E-state index contributed by atoms with van der Waals surface area (Å²) in [6.07, 6.45) is 1.85. The SMILES string of the molecule is Cn1ccc([C@H]2[C@H](C(=O)O)C2(C)C)n1. The molecule has 14 heavy (non-hydrogen) atoms. The van der Waals surface area contributed by atoms with Crippen LogP contribution in [0.1, 0.15) is 25.5 Å². The fourth-order valence-electron chi connectivity index (χ4n) is 2.25. The molecule has 1 N–H and O–H groups in total. The maximum Gasteiger partial charge on any atom is 0.307 e. The molecule has 1 aliphatic rings. The number of carboxylic acid groups (broad SMARTS) is 1. The van der Waals surface area contributed by atoms with Crippen molar-refractivity contribution < 1.29 is 9.90 Å². The summed E-state index contributed by atoms with van der Waals surface area (Å²) in [7, 11) is 1.84. The van der Waals surface area contributed by atoms with Gasteiger partial charge in [0.2, 0.25) is 0 Å². The number of nitrogens with zero attached hydrogens (tertiary/aromatic N) is 2. The molecule has 0 aromatic carbocycles. The lowest BCUT2D eigenvalue weighted by Crippen LogP contribution is -2.03. The lowest BCUT2D eigenvalue weighted by molar-refractivity contribution is -0.139. The standard InChI is InChI=1S/C10H14N2O2/c1-10(2)7(8(10)9(13)14)6-4-5-12(3)11-6/h4-5,7-8H,1-3H3,(H,13,14)/t7-,8+/m0/s1. The Hall–Kier alpha value is -1.32. The topological polar surface area (TPSA) is 55.1 Å². The Morgan fingerprint density at radius 2 is 2.29 bits per heavy atom. The third-order valence-electron chi connectivity index (χ3n) is 3.15. The van der Waals surface area contributed by atoms with Crippen LogP contribution in [0.2, 0.25) is 0 Å². The van der Waals surface area contributed by atoms with Gasteiger partial charge in [-0.3, -0.25) is 9.48 Å². The van der Waals surface area contributed by atoms with Gasteiger partial charge in [-0.05, 0) is 11.5 Å². The summed E-state index contributed by atoms with van der Waals surface area (Å²) in [5, 5.41) is 13.2. The molecule has 0 amide bonds. The second-order valence-corrected chi connectivity index (χ2v) is 4.53. The van der Waals surface area contributed by atoms with Crippen molar-refractivity contribution in [2.24, 2.45) is 18.4 Å². The zero-order valence-electron chi connectivity index (χ0n) is 8.56. The Kier molecular flexibility index (Phi) is 1.71. The summed E-state index contributed by atoms with van der Waals surface area (Å²) in [6, 6.07) is 1.90. The summed E-state index contributed by atoms with van der Waals surface area (Å²) < 4.78 is 1.71. The lowest BCUT2D eigenvalue weighted by atomic mass is 10.1. The summed E-state index contributed by atoms with van der Waals surface area (Å²) in [6.45, 7) is 3.95. The molecule has 0 radical (unpaired) electrons. The Morgan fingerprint density at radius 3 is 2.64 bits per heavy atom. The van der Waals surface area contributed by atoms with Crippen molar-refractivity contribution in [1.29, 1.82) is 0 Å². The van der Waals surface area contributed by atoms with Gasteiger partial charge < -0.3 is 5.11 Å². The minimum atomic E-state index is -0.717. The first-order valence-corrected chi connectivity index (χ1v) is 4.67. The molecule has 1 saturated carbocycles. The monoisotopic (exact) mass is 194 g/mol. The number of carbonyl (C=O) groups is 1. The van der Waals surface area contributed by atoms with Crippen LogP contribution in [-0.4, -0.2) is 20.9 Å². The predicted molar refractivity (Wildman–Crippen MR) is 50.9 cm³/mol. The molecule has 4 heteroatoms. The van der Waals surface area contributed by atoms with Crippen molar-refractivity contribution in [2.45, 2.75) is 19.8 Å². The minimum absolute atomic E-state index is 0.0706. The van der Waals surface area contributed by atoms with E-state index in [1.54, 1.807) is 4.68 Å². The third-order valence-corrected chi connectivity index (χ3v) is 3.15. The van der Waals surface area contributed by atoms with E-state index in [1.807, 2.05) is 33.2 Å². The predicted octanol–water partition coefficient (Wildman–Crippen LogP) is 1.24. The molecule has 2 atom stereocenters.